The molecular formula is C14H10O6S2. The maximum Gasteiger partial charge on any atom is 0.371 e. The molecule has 2 N–H and O–H groups in total. The Balaban J connectivity index is 2.35. The Labute approximate surface area is 129 Å². The number of carbonyl (C=O) groups excluding carboxylic acids is 1. The smallest absolute Gasteiger partial charge is 0.371 e. The minimum Gasteiger partial charge on any atom is -0.502 e. The summed E-state index contributed by atoms with van der Waals surface area (Å²) in [6, 6.07) is 8.87. The van der Waals surface area contributed by atoms with Crippen molar-refractivity contribution in [3.05, 3.63) is 58.5 Å². The van der Waals surface area contributed by atoms with Crippen LogP contribution in [-0.2, 0) is 14.6 Å². The Hall–Kier alpha value is -2.45. The fourth-order valence-corrected chi connectivity index (χ4v) is 4.05. The van der Waals surface area contributed by atoms with Crippen molar-refractivity contribution in [1.82, 2.24) is 0 Å². The van der Waals surface area contributed by atoms with Gasteiger partial charge >= 0.3 is 5.97 Å². The highest BCUT2D eigenvalue weighted by molar-refractivity contribution is 7.91. The van der Waals surface area contributed by atoms with Crippen LogP contribution in [0.15, 0.2) is 63.4 Å². The molecule has 0 saturated carbocycles. The lowest BCUT2D eigenvalue weighted by Gasteiger charge is -2.00. The first-order valence-electron chi connectivity index (χ1n) is 5.89. The number of benzene rings is 1. The van der Waals surface area contributed by atoms with Gasteiger partial charge in [0, 0.05) is 11.5 Å². The summed E-state index contributed by atoms with van der Waals surface area (Å²) in [5.41, 5.74) is 0. The largest absolute Gasteiger partial charge is 0.502 e. The van der Waals surface area contributed by atoms with E-state index >= 15 is 0 Å². The van der Waals surface area contributed by atoms with Crippen molar-refractivity contribution < 1.29 is 28.2 Å². The van der Waals surface area contributed by atoms with Crippen LogP contribution >= 0.6 is 11.3 Å². The van der Waals surface area contributed by atoms with E-state index in [0.29, 0.717) is 6.08 Å². The quantitative estimate of drug-likeness (QED) is 0.492. The summed E-state index contributed by atoms with van der Waals surface area (Å²) in [7, 11) is -3.74. The fraction of sp³-hybridized carbons (Fsp3) is 0. The Morgan fingerprint density at radius 1 is 1.05 bits per heavy atom. The van der Waals surface area contributed by atoms with Gasteiger partial charge in [0.15, 0.2) is 5.78 Å². The Morgan fingerprint density at radius 2 is 1.68 bits per heavy atom. The minimum absolute atomic E-state index is 0.0160. The summed E-state index contributed by atoms with van der Waals surface area (Å²) in [5.74, 6) is -3.52. The third kappa shape index (κ3) is 3.23. The lowest BCUT2D eigenvalue weighted by atomic mass is 10.3. The van der Waals surface area contributed by atoms with Gasteiger partial charge in [0.2, 0.25) is 15.6 Å². The van der Waals surface area contributed by atoms with Gasteiger partial charge in [-0.25, -0.2) is 13.2 Å². The number of sulfone groups is 1. The molecule has 1 aromatic heterocycles. The molecule has 0 saturated heterocycles. The van der Waals surface area contributed by atoms with Gasteiger partial charge in [-0.15, -0.1) is 11.3 Å². The van der Waals surface area contributed by atoms with Gasteiger partial charge in [-0.1, -0.05) is 18.2 Å². The Kier molecular flexibility index (Phi) is 4.43. The van der Waals surface area contributed by atoms with Crippen molar-refractivity contribution in [3.8, 4) is 0 Å². The lowest BCUT2D eigenvalue weighted by Crippen LogP contribution is -2.03. The summed E-state index contributed by atoms with van der Waals surface area (Å²) in [6.45, 7) is 0. The number of carboxylic acids is 1. The van der Waals surface area contributed by atoms with E-state index in [1.54, 1.807) is 18.2 Å². The summed E-state index contributed by atoms with van der Waals surface area (Å²) in [6.07, 6.45) is 0.535. The zero-order valence-electron chi connectivity index (χ0n) is 11.0. The first-order valence-corrected chi connectivity index (χ1v) is 8.25. The zero-order valence-corrected chi connectivity index (χ0v) is 12.6. The second-order valence-electron chi connectivity index (χ2n) is 4.16. The summed E-state index contributed by atoms with van der Waals surface area (Å²) >= 11 is 0.856. The molecule has 8 heteroatoms. The first kappa shape index (κ1) is 15.9. The number of aliphatic hydroxyl groups excluding tert-OH is 1. The van der Waals surface area contributed by atoms with E-state index in [1.165, 1.54) is 17.5 Å². The van der Waals surface area contributed by atoms with Crippen molar-refractivity contribution in [3.63, 3.8) is 0 Å². The second kappa shape index (κ2) is 6.12. The normalized spacial score (nSPS) is 12.1. The SMILES string of the molecule is O=C(O)C(O)=CC(=O)c1cc(S(=O)(=O)c2ccccc2)cs1. The highest BCUT2D eigenvalue weighted by Gasteiger charge is 2.21. The minimum atomic E-state index is -3.74. The van der Waals surface area contributed by atoms with Crippen LogP contribution in [0.1, 0.15) is 9.67 Å². The number of carboxylic acid groups (broad SMARTS) is 1. The zero-order chi connectivity index (χ0) is 16.3. The van der Waals surface area contributed by atoms with Crippen LogP contribution in [0.25, 0.3) is 0 Å². The van der Waals surface area contributed by atoms with Crippen molar-refractivity contribution in [2.75, 3.05) is 0 Å². The maximum absolute atomic E-state index is 12.3. The highest BCUT2D eigenvalue weighted by Crippen LogP contribution is 2.26. The number of rotatable bonds is 5. The van der Waals surface area contributed by atoms with Gasteiger partial charge in [0.05, 0.1) is 14.7 Å². The molecule has 0 spiro atoms. The third-order valence-electron chi connectivity index (χ3n) is 2.67. The van der Waals surface area contributed by atoms with E-state index in [-0.39, 0.29) is 14.7 Å². The fourth-order valence-electron chi connectivity index (χ4n) is 1.58. The van der Waals surface area contributed by atoms with Gasteiger partial charge in [-0.2, -0.15) is 0 Å². The van der Waals surface area contributed by atoms with Gasteiger partial charge < -0.3 is 10.2 Å². The van der Waals surface area contributed by atoms with Crippen LogP contribution in [-0.4, -0.2) is 30.4 Å². The Bertz CT molecular complexity index is 846. The number of allylic oxidation sites excluding steroid dienone is 1. The van der Waals surface area contributed by atoms with E-state index in [2.05, 4.69) is 0 Å². The van der Waals surface area contributed by atoms with Crippen molar-refractivity contribution in [2.24, 2.45) is 0 Å². The molecule has 0 aliphatic carbocycles. The molecule has 0 aliphatic heterocycles. The number of hydrogen-bond acceptors (Lipinski definition) is 6. The van der Waals surface area contributed by atoms with Gasteiger partial charge in [0.1, 0.15) is 0 Å². The van der Waals surface area contributed by atoms with Crippen LogP contribution in [0.3, 0.4) is 0 Å². The summed E-state index contributed by atoms with van der Waals surface area (Å²) < 4.78 is 24.7. The van der Waals surface area contributed by atoms with Crippen molar-refractivity contribution in [1.29, 1.82) is 0 Å². The standard InChI is InChI=1S/C14H10O6S2/c15-11(7-12(16)14(17)18)13-6-10(8-21-13)22(19,20)9-4-2-1-3-5-9/h1-8,16H,(H,17,18). The predicted molar refractivity (Wildman–Crippen MR) is 78.9 cm³/mol. The molecule has 0 atom stereocenters. The average Bonchev–Trinajstić information content (AvgIpc) is 2.98. The van der Waals surface area contributed by atoms with E-state index in [4.69, 9.17) is 10.2 Å². The number of hydrogen-bond donors (Lipinski definition) is 2. The number of aliphatic hydroxyl groups is 1. The molecule has 1 aromatic carbocycles. The van der Waals surface area contributed by atoms with Crippen molar-refractivity contribution in [2.45, 2.75) is 9.79 Å². The first-order chi connectivity index (χ1) is 10.3. The third-order valence-corrected chi connectivity index (χ3v) is 5.51. The summed E-state index contributed by atoms with van der Waals surface area (Å²) in [4.78, 5) is 22.3. The molecule has 0 amide bonds. The van der Waals surface area contributed by atoms with Crippen LogP contribution < -0.4 is 0 Å². The number of carbonyl (C=O) groups is 2. The molecule has 22 heavy (non-hydrogen) atoms. The molecule has 114 valence electrons. The van der Waals surface area contributed by atoms with E-state index in [0.717, 1.165) is 17.4 Å². The van der Waals surface area contributed by atoms with Crippen LogP contribution in [0.4, 0.5) is 0 Å². The van der Waals surface area contributed by atoms with Crippen molar-refractivity contribution >= 4 is 32.9 Å². The van der Waals surface area contributed by atoms with Gasteiger partial charge in [-0.05, 0) is 18.2 Å². The molecule has 0 bridgehead atoms. The number of aliphatic carboxylic acids is 1. The van der Waals surface area contributed by atoms with E-state index in [1.807, 2.05) is 0 Å². The predicted octanol–water partition coefficient (Wildman–Crippen LogP) is 2.29. The second-order valence-corrected chi connectivity index (χ2v) is 7.02. The van der Waals surface area contributed by atoms with Gasteiger partial charge in [-0.3, -0.25) is 4.79 Å². The maximum atomic E-state index is 12.3. The van der Waals surface area contributed by atoms with E-state index in [9.17, 15) is 18.0 Å². The Morgan fingerprint density at radius 3 is 2.27 bits per heavy atom. The van der Waals surface area contributed by atoms with Crippen LogP contribution in [0.2, 0.25) is 0 Å². The van der Waals surface area contributed by atoms with Gasteiger partial charge in [0.25, 0.3) is 0 Å². The highest BCUT2D eigenvalue weighted by atomic mass is 32.2. The molecule has 0 aliphatic rings. The lowest BCUT2D eigenvalue weighted by molar-refractivity contribution is -0.135. The molecule has 0 fully saturated rings. The molecule has 2 rings (SSSR count). The van der Waals surface area contributed by atoms with Crippen LogP contribution in [0.5, 0.6) is 0 Å². The topological polar surface area (TPSA) is 109 Å². The number of thiophene rings is 1. The monoisotopic (exact) mass is 338 g/mol. The van der Waals surface area contributed by atoms with E-state index < -0.39 is 27.3 Å². The molecule has 2 aromatic rings. The molecule has 1 heterocycles. The molecule has 6 nitrogen and oxygen atoms in total. The molecular weight excluding hydrogens is 328 g/mol. The molecule has 0 radical (unpaired) electrons. The summed E-state index contributed by atoms with van der Waals surface area (Å²) in [5, 5.41) is 18.8. The van der Waals surface area contributed by atoms with Crippen LogP contribution in [0, 0.1) is 0 Å². The number of ketones is 1. The molecule has 0 unspecified atom stereocenters. The average molecular weight is 338 g/mol.